The van der Waals surface area contributed by atoms with E-state index in [4.69, 9.17) is 0 Å². The van der Waals surface area contributed by atoms with Crippen molar-refractivity contribution in [2.75, 3.05) is 9.80 Å². The van der Waals surface area contributed by atoms with Crippen LogP contribution in [-0.4, -0.2) is 0 Å². The Balaban J connectivity index is 0.925. The zero-order chi connectivity index (χ0) is 41.5. The van der Waals surface area contributed by atoms with E-state index in [1.54, 1.807) is 0 Å². The second-order valence-electron chi connectivity index (χ2n) is 15.7. The average molecular weight is 795 g/mol. The number of rotatable bonds is 11. The summed E-state index contributed by atoms with van der Waals surface area (Å²) in [7, 11) is 0. The lowest BCUT2D eigenvalue weighted by molar-refractivity contribution is 0.857. The van der Waals surface area contributed by atoms with Crippen LogP contribution in [0.3, 0.4) is 0 Å². The highest BCUT2D eigenvalue weighted by molar-refractivity contribution is 5.90. The number of hydrogen-bond acceptors (Lipinski definition) is 2. The van der Waals surface area contributed by atoms with E-state index in [9.17, 15) is 0 Å². The third kappa shape index (κ3) is 8.02. The topological polar surface area (TPSA) is 6.48 Å². The molecular weight excluding hydrogens is 749 g/mol. The van der Waals surface area contributed by atoms with E-state index in [0.717, 1.165) is 40.5 Å². The molecular formula is C60H46N2. The van der Waals surface area contributed by atoms with Gasteiger partial charge in [0.1, 0.15) is 0 Å². The van der Waals surface area contributed by atoms with Gasteiger partial charge >= 0.3 is 0 Å². The van der Waals surface area contributed by atoms with Crippen molar-refractivity contribution >= 4 is 39.7 Å². The van der Waals surface area contributed by atoms with Gasteiger partial charge < -0.3 is 9.80 Å². The van der Waals surface area contributed by atoms with Gasteiger partial charge in [0.2, 0.25) is 0 Å². The fourth-order valence-electron chi connectivity index (χ4n) is 8.73. The molecule has 296 valence electrons. The molecule has 10 rings (SSSR count). The molecule has 0 N–H and O–H groups in total. The van der Waals surface area contributed by atoms with Crippen LogP contribution in [0, 0.1) is 0 Å². The van der Waals surface area contributed by atoms with Crippen LogP contribution in [-0.2, 0) is 0 Å². The van der Waals surface area contributed by atoms with Crippen LogP contribution in [0.25, 0.3) is 39.0 Å². The maximum Gasteiger partial charge on any atom is 0.0540 e. The predicted molar refractivity (Wildman–Crippen MR) is 263 cm³/mol. The van der Waals surface area contributed by atoms with E-state index in [1.807, 2.05) is 0 Å². The van der Waals surface area contributed by atoms with Gasteiger partial charge in [0.05, 0.1) is 11.4 Å². The molecule has 0 saturated carbocycles. The quantitative estimate of drug-likeness (QED) is 0.129. The number of benzene rings is 9. The third-order valence-electron chi connectivity index (χ3n) is 11.8. The van der Waals surface area contributed by atoms with Crippen LogP contribution >= 0.6 is 0 Å². The van der Waals surface area contributed by atoms with Gasteiger partial charge in [-0.2, -0.15) is 0 Å². The summed E-state index contributed by atoms with van der Waals surface area (Å²) in [6.45, 7) is 0. The predicted octanol–water partition coefficient (Wildman–Crippen LogP) is 16.8. The van der Waals surface area contributed by atoms with Gasteiger partial charge in [0, 0.05) is 39.8 Å². The van der Waals surface area contributed by atoms with Crippen LogP contribution in [0.2, 0.25) is 0 Å². The normalized spacial score (nSPS) is 13.3. The maximum absolute atomic E-state index is 2.44. The standard InChI is InChI=1S/C60H46N2/c1-5-19-47(20-6-1)57-31-13-15-33-59(57)61(53-27-9-3-10-28-53)55-39-35-45(36-40-55)49-23-17-25-51(43-49)52-26-18-24-50(44-52)46-37-41-56(42-38-46)62(54-29-11-4-12-30-54)60-34-16-14-32-58(60)48-21-7-2-8-22-48/h1-25,27-44,52H,26H2. The molecule has 0 bridgehead atoms. The Bertz CT molecular complexity index is 2950. The summed E-state index contributed by atoms with van der Waals surface area (Å²) >= 11 is 0. The van der Waals surface area contributed by atoms with Gasteiger partial charge in [-0.15, -0.1) is 0 Å². The SMILES string of the molecule is C1=CC(c2ccc(N(c3ccccc3)c3ccccc3-c3ccccc3)cc2)=CC(c2cccc(-c3ccc(N(c4ccccc4)c4ccccc4-c4ccccc4)cc3)c2)C1. The average Bonchev–Trinajstić information content (AvgIpc) is 3.36. The Hall–Kier alpha value is -7.94. The minimum Gasteiger partial charge on any atom is -0.310 e. The molecule has 0 amide bonds. The minimum atomic E-state index is 0.274. The van der Waals surface area contributed by atoms with E-state index in [-0.39, 0.29) is 5.92 Å². The van der Waals surface area contributed by atoms with Gasteiger partial charge in [-0.25, -0.2) is 0 Å². The first kappa shape index (κ1) is 38.3. The van der Waals surface area contributed by atoms with Gasteiger partial charge in [-0.3, -0.25) is 0 Å². The Morgan fingerprint density at radius 2 is 0.742 bits per heavy atom. The van der Waals surface area contributed by atoms with Gasteiger partial charge in [0.15, 0.2) is 0 Å². The fraction of sp³-hybridized carbons (Fsp3) is 0.0333. The summed E-state index contributed by atoms with van der Waals surface area (Å²) in [4.78, 5) is 4.72. The number of allylic oxidation sites excluding steroid dienone is 4. The summed E-state index contributed by atoms with van der Waals surface area (Å²) in [6.07, 6.45) is 8.02. The molecule has 0 radical (unpaired) electrons. The van der Waals surface area contributed by atoms with E-state index in [2.05, 4.69) is 271 Å². The molecule has 62 heavy (non-hydrogen) atoms. The minimum absolute atomic E-state index is 0.274. The smallest absolute Gasteiger partial charge is 0.0540 e. The second-order valence-corrected chi connectivity index (χ2v) is 15.7. The Kier molecular flexibility index (Phi) is 10.9. The lowest BCUT2D eigenvalue weighted by atomic mass is 9.86. The molecule has 0 saturated heterocycles. The molecule has 1 unspecified atom stereocenters. The molecule has 0 spiro atoms. The molecule has 9 aromatic carbocycles. The molecule has 1 aliphatic carbocycles. The van der Waals surface area contributed by atoms with Crippen LogP contribution in [0.4, 0.5) is 34.1 Å². The van der Waals surface area contributed by atoms with Gasteiger partial charge in [-0.1, -0.05) is 200 Å². The second kappa shape index (κ2) is 17.7. The number of nitrogens with zero attached hydrogens (tertiary/aromatic N) is 2. The molecule has 0 aromatic heterocycles. The molecule has 2 nitrogen and oxygen atoms in total. The van der Waals surface area contributed by atoms with E-state index >= 15 is 0 Å². The van der Waals surface area contributed by atoms with Crippen molar-refractivity contribution in [2.24, 2.45) is 0 Å². The van der Waals surface area contributed by atoms with Crippen LogP contribution in [0.15, 0.2) is 261 Å². The van der Waals surface area contributed by atoms with Crippen LogP contribution < -0.4 is 9.80 Å². The van der Waals surface area contributed by atoms with Gasteiger partial charge in [-0.05, 0) is 106 Å². The van der Waals surface area contributed by atoms with Crippen molar-refractivity contribution in [1.29, 1.82) is 0 Å². The molecule has 0 fully saturated rings. The molecule has 0 heterocycles. The Labute approximate surface area is 365 Å². The first-order chi connectivity index (χ1) is 30.8. The van der Waals surface area contributed by atoms with Crippen molar-refractivity contribution < 1.29 is 0 Å². The van der Waals surface area contributed by atoms with Crippen molar-refractivity contribution in [3.63, 3.8) is 0 Å². The summed E-state index contributed by atoms with van der Waals surface area (Å²) in [5.74, 6) is 0.274. The highest BCUT2D eigenvalue weighted by Gasteiger charge is 2.20. The van der Waals surface area contributed by atoms with Crippen molar-refractivity contribution in [1.82, 2.24) is 0 Å². The van der Waals surface area contributed by atoms with E-state index in [1.165, 1.54) is 50.1 Å². The van der Waals surface area contributed by atoms with Crippen molar-refractivity contribution in [3.8, 4) is 33.4 Å². The number of anilines is 6. The van der Waals surface area contributed by atoms with Gasteiger partial charge in [0.25, 0.3) is 0 Å². The van der Waals surface area contributed by atoms with E-state index in [0.29, 0.717) is 0 Å². The Morgan fingerprint density at radius 1 is 0.323 bits per heavy atom. The molecule has 9 aromatic rings. The summed E-state index contributed by atoms with van der Waals surface area (Å²) in [6, 6.07) is 87.1. The summed E-state index contributed by atoms with van der Waals surface area (Å²) in [5, 5.41) is 0. The van der Waals surface area contributed by atoms with Crippen LogP contribution in [0.1, 0.15) is 23.5 Å². The third-order valence-corrected chi connectivity index (χ3v) is 11.8. The number of para-hydroxylation sites is 4. The molecule has 2 heteroatoms. The van der Waals surface area contributed by atoms with Crippen molar-refractivity contribution in [2.45, 2.75) is 12.3 Å². The maximum atomic E-state index is 2.44. The largest absolute Gasteiger partial charge is 0.310 e. The lowest BCUT2D eigenvalue weighted by Gasteiger charge is -2.28. The molecule has 1 atom stereocenters. The summed E-state index contributed by atoms with van der Waals surface area (Å²) < 4.78 is 0. The highest BCUT2D eigenvalue weighted by Crippen LogP contribution is 2.43. The molecule has 0 aliphatic heterocycles. The molecule has 1 aliphatic rings. The zero-order valence-corrected chi connectivity index (χ0v) is 34.5. The highest BCUT2D eigenvalue weighted by atomic mass is 15.1. The zero-order valence-electron chi connectivity index (χ0n) is 34.5. The number of hydrogen-bond donors (Lipinski definition) is 0. The van der Waals surface area contributed by atoms with Crippen LogP contribution in [0.5, 0.6) is 0 Å². The lowest BCUT2D eigenvalue weighted by Crippen LogP contribution is -2.11. The van der Waals surface area contributed by atoms with Crippen molar-refractivity contribution in [3.05, 3.63) is 272 Å². The van der Waals surface area contributed by atoms with E-state index < -0.39 is 0 Å². The fourth-order valence-corrected chi connectivity index (χ4v) is 8.73. The monoisotopic (exact) mass is 794 g/mol. The first-order valence-corrected chi connectivity index (χ1v) is 21.5. The Morgan fingerprint density at radius 3 is 1.26 bits per heavy atom. The first-order valence-electron chi connectivity index (χ1n) is 21.5. The summed E-state index contributed by atoms with van der Waals surface area (Å²) in [5.41, 5.74) is 17.7.